The lowest BCUT2D eigenvalue weighted by Crippen LogP contribution is -2.19. The van der Waals surface area contributed by atoms with Gasteiger partial charge in [0.2, 0.25) is 0 Å². The Morgan fingerprint density at radius 1 is 1.86 bits per heavy atom. The third kappa shape index (κ3) is 3.04. The molecule has 0 saturated heterocycles. The maximum Gasteiger partial charge on any atom is 0.366 e. The number of thiazole rings is 1. The third-order valence-electron chi connectivity index (χ3n) is 1.63. The maximum absolute atomic E-state index is 12.4. The Balaban J connectivity index is 2.29. The Kier molecular flexibility index (Phi) is 3.97. The van der Waals surface area contributed by atoms with Gasteiger partial charge in [-0.05, 0) is 6.92 Å². The monoisotopic (exact) mass is 219 g/mol. The zero-order valence-corrected chi connectivity index (χ0v) is 8.38. The Morgan fingerprint density at radius 2 is 2.57 bits per heavy atom. The van der Waals surface area contributed by atoms with Gasteiger partial charge in [0.05, 0.1) is 17.8 Å². The van der Waals surface area contributed by atoms with E-state index < -0.39 is 12.3 Å². The maximum atomic E-state index is 12.4. The van der Waals surface area contributed by atoms with Gasteiger partial charge in [0.15, 0.2) is 0 Å². The second-order valence-corrected chi connectivity index (χ2v) is 3.58. The fourth-order valence-electron chi connectivity index (χ4n) is 0.893. The van der Waals surface area contributed by atoms with Crippen LogP contribution in [0, 0.1) is 6.92 Å². The molecule has 1 unspecified atom stereocenters. The number of hydrogen-bond donors (Lipinski definition) is 1. The second kappa shape index (κ2) is 5.02. The Morgan fingerprint density at radius 3 is 3.07 bits per heavy atom. The summed E-state index contributed by atoms with van der Waals surface area (Å²) in [5, 5.41) is 8.18. The number of nitrogens with zero attached hydrogens (tertiary/aromatic N) is 1. The van der Waals surface area contributed by atoms with Crippen LogP contribution in [0.2, 0.25) is 0 Å². The van der Waals surface area contributed by atoms with Crippen LogP contribution in [0.25, 0.3) is 0 Å². The lowest BCUT2D eigenvalue weighted by Gasteiger charge is -2.04. The van der Waals surface area contributed by atoms with Crippen LogP contribution in [0.3, 0.4) is 0 Å². The molecule has 1 atom stereocenters. The molecule has 0 aliphatic heterocycles. The van der Waals surface area contributed by atoms with Crippen molar-refractivity contribution in [2.45, 2.75) is 19.7 Å². The molecule has 0 amide bonds. The van der Waals surface area contributed by atoms with Crippen molar-refractivity contribution in [3.8, 4) is 0 Å². The van der Waals surface area contributed by atoms with Crippen LogP contribution < -0.4 is 0 Å². The summed E-state index contributed by atoms with van der Waals surface area (Å²) in [5.41, 5.74) is 2.57. The Hall–Kier alpha value is -1.01. The summed E-state index contributed by atoms with van der Waals surface area (Å²) >= 11 is 1.45. The fraction of sp³-hybridized carbons (Fsp3) is 0.500. The molecule has 0 aliphatic carbocycles. The van der Waals surface area contributed by atoms with E-state index in [0.717, 1.165) is 10.6 Å². The number of halogens is 1. The molecule has 1 N–H and O–H groups in total. The summed E-state index contributed by atoms with van der Waals surface area (Å²) in [6.07, 6.45) is -1.74. The molecule has 0 bridgehead atoms. The highest BCUT2D eigenvalue weighted by Gasteiger charge is 2.15. The highest BCUT2D eigenvalue weighted by Crippen LogP contribution is 2.12. The topological polar surface area (TPSA) is 59.4 Å². The van der Waals surface area contributed by atoms with Gasteiger partial charge in [-0.15, -0.1) is 11.3 Å². The lowest BCUT2D eigenvalue weighted by atomic mass is 10.3. The smallest absolute Gasteiger partial charge is 0.366 e. The number of aryl methyl sites for hydroxylation is 1. The molecule has 1 aromatic rings. The minimum absolute atomic E-state index is 0.0521. The van der Waals surface area contributed by atoms with Gasteiger partial charge in [-0.25, -0.2) is 14.2 Å². The number of hydrogen-bond acceptors (Lipinski definition) is 4. The molecule has 0 spiro atoms. The van der Waals surface area contributed by atoms with Gasteiger partial charge < -0.3 is 9.84 Å². The van der Waals surface area contributed by atoms with Crippen molar-refractivity contribution in [1.82, 2.24) is 4.98 Å². The summed E-state index contributed by atoms with van der Waals surface area (Å²) in [6.45, 7) is 1.90. The normalized spacial score (nSPS) is 12.7. The molecule has 0 aliphatic rings. The van der Waals surface area contributed by atoms with Crippen molar-refractivity contribution in [1.29, 1.82) is 0 Å². The van der Waals surface area contributed by atoms with Gasteiger partial charge in [0.25, 0.3) is 6.36 Å². The van der Waals surface area contributed by atoms with Crippen LogP contribution in [0.15, 0.2) is 5.51 Å². The molecule has 1 heterocycles. The van der Waals surface area contributed by atoms with E-state index in [1.807, 2.05) is 6.92 Å². The highest BCUT2D eigenvalue weighted by atomic mass is 32.1. The van der Waals surface area contributed by atoms with Crippen molar-refractivity contribution in [3.05, 3.63) is 16.1 Å². The van der Waals surface area contributed by atoms with Crippen LogP contribution in [0.1, 0.15) is 10.6 Å². The molecule has 0 radical (unpaired) electrons. The van der Waals surface area contributed by atoms with E-state index in [4.69, 9.17) is 5.11 Å². The number of carbonyl (C=O) groups is 1. The van der Waals surface area contributed by atoms with Crippen molar-refractivity contribution >= 4 is 17.3 Å². The number of aliphatic carboxylic acids is 1. The quantitative estimate of drug-likeness (QED) is 0.813. The van der Waals surface area contributed by atoms with Crippen LogP contribution in [0.4, 0.5) is 4.39 Å². The van der Waals surface area contributed by atoms with E-state index in [9.17, 15) is 9.18 Å². The van der Waals surface area contributed by atoms with E-state index in [1.165, 1.54) is 11.3 Å². The van der Waals surface area contributed by atoms with Gasteiger partial charge in [-0.3, -0.25) is 0 Å². The number of alkyl halides is 1. The number of ether oxygens (including phenoxy) is 1. The van der Waals surface area contributed by atoms with E-state index in [1.54, 1.807) is 5.51 Å². The van der Waals surface area contributed by atoms with Gasteiger partial charge in [0.1, 0.15) is 0 Å². The van der Waals surface area contributed by atoms with Crippen LogP contribution in [-0.2, 0) is 16.0 Å². The predicted molar refractivity (Wildman–Crippen MR) is 49.0 cm³/mol. The molecule has 78 valence electrons. The molecule has 1 rings (SSSR count). The van der Waals surface area contributed by atoms with Gasteiger partial charge in [-0.1, -0.05) is 0 Å². The predicted octanol–water partition coefficient (Wildman–Crippen LogP) is 1.39. The molecule has 4 nitrogen and oxygen atoms in total. The highest BCUT2D eigenvalue weighted by molar-refractivity contribution is 7.09. The largest absolute Gasteiger partial charge is 0.477 e. The summed E-state index contributed by atoms with van der Waals surface area (Å²) in [5.74, 6) is -1.59. The SMILES string of the molecule is Cc1ncsc1CCOC(F)C(=O)O. The van der Waals surface area contributed by atoms with E-state index >= 15 is 0 Å². The van der Waals surface area contributed by atoms with Gasteiger partial charge in [-0.2, -0.15) is 0 Å². The average Bonchev–Trinajstić information content (AvgIpc) is 2.51. The third-order valence-corrected chi connectivity index (χ3v) is 2.63. The zero-order valence-electron chi connectivity index (χ0n) is 7.57. The summed E-state index contributed by atoms with van der Waals surface area (Å²) in [6, 6.07) is 0. The number of rotatable bonds is 5. The molecular weight excluding hydrogens is 209 g/mol. The minimum Gasteiger partial charge on any atom is -0.477 e. The molecule has 14 heavy (non-hydrogen) atoms. The minimum atomic E-state index is -2.23. The van der Waals surface area contributed by atoms with Crippen molar-refractivity contribution in [2.24, 2.45) is 0 Å². The van der Waals surface area contributed by atoms with Crippen molar-refractivity contribution < 1.29 is 19.0 Å². The summed E-state index contributed by atoms with van der Waals surface area (Å²) in [7, 11) is 0. The van der Waals surface area contributed by atoms with E-state index in [2.05, 4.69) is 9.72 Å². The second-order valence-electron chi connectivity index (χ2n) is 2.64. The zero-order chi connectivity index (χ0) is 10.6. The first-order valence-corrected chi connectivity index (χ1v) is 4.86. The van der Waals surface area contributed by atoms with Crippen molar-refractivity contribution in [3.63, 3.8) is 0 Å². The van der Waals surface area contributed by atoms with Crippen molar-refractivity contribution in [2.75, 3.05) is 6.61 Å². The standard InChI is InChI=1S/C8H10FNO3S/c1-5-6(14-4-10-5)2-3-13-7(9)8(11)12/h4,7H,2-3H2,1H3,(H,11,12). The number of carboxylic acid groups (broad SMARTS) is 1. The van der Waals surface area contributed by atoms with Gasteiger partial charge in [0, 0.05) is 11.3 Å². The molecule has 6 heteroatoms. The first kappa shape index (κ1) is 11.1. The van der Waals surface area contributed by atoms with Gasteiger partial charge >= 0.3 is 5.97 Å². The fourth-order valence-corrected chi connectivity index (χ4v) is 1.66. The molecule has 1 aromatic heterocycles. The van der Waals surface area contributed by atoms with Crippen LogP contribution in [-0.4, -0.2) is 29.0 Å². The Labute approximate surface area is 84.4 Å². The Bertz CT molecular complexity index is 315. The number of carboxylic acids is 1. The van der Waals surface area contributed by atoms with Crippen LogP contribution in [0.5, 0.6) is 0 Å². The number of aromatic nitrogens is 1. The molecule has 0 aromatic carbocycles. The molecule has 0 saturated carbocycles. The average molecular weight is 219 g/mol. The van der Waals surface area contributed by atoms with E-state index in [0.29, 0.717) is 6.42 Å². The first-order chi connectivity index (χ1) is 6.61. The van der Waals surface area contributed by atoms with E-state index in [-0.39, 0.29) is 6.61 Å². The summed E-state index contributed by atoms with van der Waals surface area (Å²) < 4.78 is 16.9. The molecule has 0 fully saturated rings. The summed E-state index contributed by atoms with van der Waals surface area (Å²) in [4.78, 5) is 15.0. The lowest BCUT2D eigenvalue weighted by molar-refractivity contribution is -0.162. The first-order valence-electron chi connectivity index (χ1n) is 3.98. The van der Waals surface area contributed by atoms with Crippen LogP contribution >= 0.6 is 11.3 Å². The molecular formula is C8H10FNO3S.